The number of halogens is 1. The van der Waals surface area contributed by atoms with E-state index in [1.54, 1.807) is 0 Å². The van der Waals surface area contributed by atoms with Gasteiger partial charge in [-0.15, -0.1) is 0 Å². The molecule has 2 saturated carbocycles. The first kappa shape index (κ1) is 14.0. The highest BCUT2D eigenvalue weighted by molar-refractivity contribution is 5.96. The van der Waals surface area contributed by atoms with Crippen molar-refractivity contribution in [2.24, 2.45) is 11.8 Å². The molecule has 6 nitrogen and oxygen atoms in total. The van der Waals surface area contributed by atoms with Crippen molar-refractivity contribution in [3.05, 3.63) is 12.2 Å². The lowest BCUT2D eigenvalue weighted by atomic mass is 9.69. The van der Waals surface area contributed by atoms with Crippen molar-refractivity contribution in [3.8, 4) is 0 Å². The van der Waals surface area contributed by atoms with Gasteiger partial charge >= 0.3 is 17.9 Å². The van der Waals surface area contributed by atoms with Gasteiger partial charge in [-0.1, -0.05) is 6.58 Å². The van der Waals surface area contributed by atoms with Gasteiger partial charge in [-0.2, -0.15) is 0 Å². The lowest BCUT2D eigenvalue weighted by molar-refractivity contribution is -0.213. The summed E-state index contributed by atoms with van der Waals surface area (Å²) in [6.07, 6.45) is -0.0555. The predicted molar refractivity (Wildman–Crippen MR) is 65.8 cm³/mol. The SMILES string of the molecule is C=C(C)C(=O)OC1(C)C2CC3C(F)(C2)C(=O)OC31C(=O)O. The quantitative estimate of drug-likeness (QED) is 0.617. The lowest BCUT2D eigenvalue weighted by Crippen LogP contribution is -2.64. The molecule has 0 radical (unpaired) electrons. The van der Waals surface area contributed by atoms with Crippen LogP contribution in [-0.2, 0) is 23.9 Å². The van der Waals surface area contributed by atoms with Gasteiger partial charge in [0.2, 0.25) is 5.67 Å². The van der Waals surface area contributed by atoms with Gasteiger partial charge in [0.05, 0.1) is 5.92 Å². The minimum absolute atomic E-state index is 0.0929. The largest absolute Gasteiger partial charge is 0.478 e. The first-order valence-electron chi connectivity index (χ1n) is 6.64. The molecule has 0 aromatic carbocycles. The number of ether oxygens (including phenoxy) is 2. The number of carbonyl (C=O) groups excluding carboxylic acids is 2. The average Bonchev–Trinajstić information content (AvgIpc) is 2.89. The van der Waals surface area contributed by atoms with Crippen molar-refractivity contribution in [2.75, 3.05) is 0 Å². The summed E-state index contributed by atoms with van der Waals surface area (Å²) in [6, 6.07) is 0. The summed E-state index contributed by atoms with van der Waals surface area (Å²) in [5.74, 6) is -5.16. The molecule has 0 aromatic heterocycles. The van der Waals surface area contributed by atoms with Crippen molar-refractivity contribution >= 4 is 17.9 Å². The summed E-state index contributed by atoms with van der Waals surface area (Å²) in [6.45, 7) is 6.26. The van der Waals surface area contributed by atoms with E-state index in [1.165, 1.54) is 13.8 Å². The molecule has 21 heavy (non-hydrogen) atoms. The van der Waals surface area contributed by atoms with Crippen molar-refractivity contribution < 1.29 is 33.4 Å². The van der Waals surface area contributed by atoms with E-state index < -0.39 is 46.6 Å². The van der Waals surface area contributed by atoms with Crippen LogP contribution in [0.15, 0.2) is 12.2 Å². The molecule has 0 spiro atoms. The van der Waals surface area contributed by atoms with Crippen LogP contribution in [0.2, 0.25) is 0 Å². The maximum atomic E-state index is 14.7. The molecule has 1 saturated heterocycles. The number of hydrogen-bond donors (Lipinski definition) is 1. The molecule has 5 unspecified atom stereocenters. The first-order valence-corrected chi connectivity index (χ1v) is 6.64. The molecule has 0 amide bonds. The van der Waals surface area contributed by atoms with Gasteiger partial charge in [0.15, 0.2) is 5.60 Å². The fraction of sp³-hybridized carbons (Fsp3) is 0.643. The second kappa shape index (κ2) is 3.64. The Labute approximate surface area is 119 Å². The number of alkyl halides is 1. The van der Waals surface area contributed by atoms with Gasteiger partial charge in [-0.05, 0) is 26.7 Å². The number of carboxylic acids is 1. The summed E-state index contributed by atoms with van der Waals surface area (Å²) in [4.78, 5) is 35.4. The summed E-state index contributed by atoms with van der Waals surface area (Å²) in [5.41, 5.74) is -5.96. The van der Waals surface area contributed by atoms with E-state index in [1.807, 2.05) is 0 Å². The number of esters is 2. The van der Waals surface area contributed by atoms with E-state index in [0.717, 1.165) is 0 Å². The molecule has 3 fully saturated rings. The van der Waals surface area contributed by atoms with Crippen molar-refractivity contribution in [1.82, 2.24) is 0 Å². The van der Waals surface area contributed by atoms with E-state index in [-0.39, 0.29) is 18.4 Å². The van der Waals surface area contributed by atoms with E-state index in [0.29, 0.717) is 0 Å². The Balaban J connectivity index is 2.11. The molecule has 2 aliphatic carbocycles. The number of rotatable bonds is 3. The van der Waals surface area contributed by atoms with Crippen LogP contribution in [0.1, 0.15) is 26.7 Å². The normalized spacial score (nSPS) is 46.3. The van der Waals surface area contributed by atoms with Gasteiger partial charge in [-0.25, -0.2) is 18.8 Å². The Morgan fingerprint density at radius 2 is 2.14 bits per heavy atom. The average molecular weight is 298 g/mol. The Morgan fingerprint density at radius 1 is 1.52 bits per heavy atom. The second-order valence-corrected chi connectivity index (χ2v) is 6.26. The van der Waals surface area contributed by atoms with E-state index in [9.17, 15) is 23.9 Å². The van der Waals surface area contributed by atoms with Crippen LogP contribution in [0.4, 0.5) is 4.39 Å². The highest BCUT2D eigenvalue weighted by Crippen LogP contribution is 2.69. The fourth-order valence-electron chi connectivity index (χ4n) is 4.09. The van der Waals surface area contributed by atoms with E-state index in [4.69, 9.17) is 9.47 Å². The molecule has 3 aliphatic rings. The third-order valence-corrected chi connectivity index (χ3v) is 5.19. The number of carbonyl (C=O) groups is 3. The maximum absolute atomic E-state index is 14.7. The van der Waals surface area contributed by atoms with Gasteiger partial charge in [0, 0.05) is 11.5 Å². The highest BCUT2D eigenvalue weighted by atomic mass is 19.1. The molecule has 5 atom stereocenters. The van der Waals surface area contributed by atoms with Crippen LogP contribution in [0.3, 0.4) is 0 Å². The zero-order valence-electron chi connectivity index (χ0n) is 11.6. The molecule has 1 N–H and O–H groups in total. The van der Waals surface area contributed by atoms with E-state index >= 15 is 0 Å². The number of carboxylic acid groups (broad SMARTS) is 1. The number of fused-ring (bicyclic) bond motifs is 1. The zero-order chi connectivity index (χ0) is 15.8. The summed E-state index contributed by atoms with van der Waals surface area (Å²) >= 11 is 0. The summed E-state index contributed by atoms with van der Waals surface area (Å²) < 4.78 is 25.0. The molecule has 1 aliphatic heterocycles. The summed E-state index contributed by atoms with van der Waals surface area (Å²) in [7, 11) is 0. The standard InChI is InChI=1S/C14H15FO6/c1-6(2)9(16)20-12(3)7-4-8-13(15,5-7)11(19)21-14(8,12)10(17)18/h7-8H,1,4-5H2,2-3H3,(H,17,18). The van der Waals surface area contributed by atoms with Crippen molar-refractivity contribution in [2.45, 2.75) is 43.6 Å². The maximum Gasteiger partial charge on any atom is 0.352 e. The predicted octanol–water partition coefficient (Wildman–Crippen LogP) is 0.993. The van der Waals surface area contributed by atoms with Crippen LogP contribution in [-0.4, -0.2) is 39.9 Å². The molecule has 2 bridgehead atoms. The third kappa shape index (κ3) is 1.30. The Kier molecular flexibility index (Phi) is 2.43. The Morgan fingerprint density at radius 3 is 2.67 bits per heavy atom. The number of aliphatic carboxylic acids is 1. The van der Waals surface area contributed by atoms with Crippen LogP contribution >= 0.6 is 0 Å². The van der Waals surface area contributed by atoms with Gasteiger partial charge in [0.25, 0.3) is 5.60 Å². The van der Waals surface area contributed by atoms with Gasteiger partial charge < -0.3 is 14.6 Å². The molecule has 7 heteroatoms. The van der Waals surface area contributed by atoms with Crippen molar-refractivity contribution in [3.63, 3.8) is 0 Å². The zero-order valence-corrected chi connectivity index (χ0v) is 11.6. The minimum Gasteiger partial charge on any atom is -0.478 e. The molecule has 1 heterocycles. The van der Waals surface area contributed by atoms with Crippen LogP contribution in [0.25, 0.3) is 0 Å². The fourth-order valence-corrected chi connectivity index (χ4v) is 4.09. The third-order valence-electron chi connectivity index (χ3n) is 5.19. The summed E-state index contributed by atoms with van der Waals surface area (Å²) in [5, 5.41) is 9.57. The van der Waals surface area contributed by atoms with Crippen LogP contribution < -0.4 is 0 Å². The topological polar surface area (TPSA) is 89.9 Å². The molecule has 114 valence electrons. The van der Waals surface area contributed by atoms with E-state index in [2.05, 4.69) is 6.58 Å². The van der Waals surface area contributed by atoms with Crippen LogP contribution in [0.5, 0.6) is 0 Å². The smallest absolute Gasteiger partial charge is 0.352 e. The first-order chi connectivity index (χ1) is 9.59. The molecular weight excluding hydrogens is 283 g/mol. The Bertz CT molecular complexity index is 600. The monoisotopic (exact) mass is 298 g/mol. The minimum atomic E-state index is -2.29. The molecule has 0 aromatic rings. The Hall–Kier alpha value is -1.92. The number of hydrogen-bond acceptors (Lipinski definition) is 5. The van der Waals surface area contributed by atoms with Crippen molar-refractivity contribution in [1.29, 1.82) is 0 Å². The van der Waals surface area contributed by atoms with Gasteiger partial charge in [0.1, 0.15) is 0 Å². The lowest BCUT2D eigenvalue weighted by Gasteiger charge is -2.43. The molecule has 3 rings (SSSR count). The second-order valence-electron chi connectivity index (χ2n) is 6.26. The highest BCUT2D eigenvalue weighted by Gasteiger charge is 2.87. The molecular formula is C14H15FO6. The van der Waals surface area contributed by atoms with Crippen LogP contribution in [0, 0.1) is 11.8 Å². The van der Waals surface area contributed by atoms with Gasteiger partial charge in [-0.3, -0.25) is 0 Å².